The lowest BCUT2D eigenvalue weighted by Gasteiger charge is -2.15. The van der Waals surface area contributed by atoms with Crippen LogP contribution in [0.2, 0.25) is 0 Å². The third kappa shape index (κ3) is 3.33. The van der Waals surface area contributed by atoms with Gasteiger partial charge in [-0.15, -0.1) is 0 Å². The molecule has 1 N–H and O–H groups in total. The van der Waals surface area contributed by atoms with Crippen LogP contribution in [0.5, 0.6) is 11.5 Å². The minimum absolute atomic E-state index is 0.196. The zero-order valence-electron chi connectivity index (χ0n) is 17.5. The Morgan fingerprint density at radius 3 is 2.10 bits per heavy atom. The third-order valence-corrected chi connectivity index (χ3v) is 6.68. The fourth-order valence-electron chi connectivity index (χ4n) is 4.38. The van der Waals surface area contributed by atoms with Crippen LogP contribution in [-0.4, -0.2) is 36.3 Å². The molecule has 5 rings (SSSR count). The van der Waals surface area contributed by atoms with Crippen LogP contribution in [0.15, 0.2) is 71.7 Å². The van der Waals surface area contributed by atoms with Gasteiger partial charge in [-0.2, -0.15) is 0 Å². The molecule has 1 aromatic heterocycles. The van der Waals surface area contributed by atoms with Crippen molar-refractivity contribution in [3.63, 3.8) is 0 Å². The predicted molar refractivity (Wildman–Crippen MR) is 131 cm³/mol. The van der Waals surface area contributed by atoms with Crippen molar-refractivity contribution in [2.24, 2.45) is 4.99 Å². The number of hydrogen-bond donors (Lipinski definition) is 1. The van der Waals surface area contributed by atoms with Crippen LogP contribution in [-0.2, 0) is 0 Å². The summed E-state index contributed by atoms with van der Waals surface area (Å²) in [5.74, 6) is 1.53. The molecular weight excluding hydrogens is 452 g/mol. The van der Waals surface area contributed by atoms with Gasteiger partial charge in [0.25, 0.3) is 0 Å². The Bertz CT molecular complexity index is 1260. The number of halogens is 1. The molecule has 1 aliphatic heterocycles. The van der Waals surface area contributed by atoms with Crippen molar-refractivity contribution in [1.29, 1.82) is 0 Å². The van der Waals surface area contributed by atoms with Gasteiger partial charge in [-0.25, -0.2) is 0 Å². The summed E-state index contributed by atoms with van der Waals surface area (Å²) >= 11 is 3.81. The summed E-state index contributed by atoms with van der Waals surface area (Å²) in [6.07, 6.45) is 0.976. The van der Waals surface area contributed by atoms with Crippen LogP contribution in [0, 0.1) is 0 Å². The molecule has 3 aromatic carbocycles. The van der Waals surface area contributed by atoms with Crippen LogP contribution in [0.1, 0.15) is 12.0 Å². The van der Waals surface area contributed by atoms with Crippen molar-refractivity contribution in [2.45, 2.75) is 11.2 Å². The summed E-state index contributed by atoms with van der Waals surface area (Å²) in [6.45, 7) is 0.805. The number of fused-ring (bicyclic) bond motifs is 1. The summed E-state index contributed by atoms with van der Waals surface area (Å²) < 4.78 is 11.7. The summed E-state index contributed by atoms with van der Waals surface area (Å²) in [4.78, 5) is 8.74. The van der Waals surface area contributed by atoms with Gasteiger partial charge < -0.3 is 14.5 Å². The number of benzene rings is 3. The first-order chi connectivity index (χ1) is 15.2. The van der Waals surface area contributed by atoms with Gasteiger partial charge >= 0.3 is 0 Å². The molecule has 1 unspecified atom stereocenters. The molecule has 0 radical (unpaired) electrons. The Labute approximate surface area is 190 Å². The van der Waals surface area contributed by atoms with E-state index in [4.69, 9.17) is 14.5 Å². The van der Waals surface area contributed by atoms with Gasteiger partial charge in [-0.3, -0.25) is 4.99 Å². The molecule has 0 aliphatic carbocycles. The fraction of sp³-hybridized carbons (Fsp3) is 0.192. The first-order valence-corrected chi connectivity index (χ1v) is 11.2. The number of aliphatic imine (C=N–C) groups is 1. The zero-order chi connectivity index (χ0) is 21.4. The maximum absolute atomic E-state index is 5.87. The first kappa shape index (κ1) is 19.9. The maximum Gasteiger partial charge on any atom is 0.133 e. The molecule has 0 saturated carbocycles. The molecule has 0 amide bonds. The third-order valence-electron chi connectivity index (χ3n) is 5.79. The molecule has 1 atom stereocenters. The molecule has 0 saturated heterocycles. The number of H-pyrrole nitrogens is 1. The monoisotopic (exact) mass is 474 g/mol. The van der Waals surface area contributed by atoms with Crippen LogP contribution in [0.4, 0.5) is 0 Å². The van der Waals surface area contributed by atoms with Crippen LogP contribution >= 0.6 is 15.9 Å². The van der Waals surface area contributed by atoms with Crippen molar-refractivity contribution in [3.8, 4) is 33.9 Å². The number of rotatable bonds is 5. The summed E-state index contributed by atoms with van der Waals surface area (Å²) in [6, 6.07) is 22.8. The average molecular weight is 475 g/mol. The van der Waals surface area contributed by atoms with Crippen LogP contribution in [0.3, 0.4) is 0 Å². The number of alkyl halides is 1. The fourth-order valence-corrected chi connectivity index (χ4v) is 4.96. The van der Waals surface area contributed by atoms with E-state index < -0.39 is 0 Å². The van der Waals surface area contributed by atoms with E-state index in [1.54, 1.807) is 14.2 Å². The van der Waals surface area contributed by atoms with Crippen molar-refractivity contribution in [2.75, 3.05) is 20.8 Å². The Kier molecular flexibility index (Phi) is 5.28. The molecular formula is C26H23BrN2O2. The summed E-state index contributed by atoms with van der Waals surface area (Å²) in [7, 11) is 3.40. The van der Waals surface area contributed by atoms with E-state index in [-0.39, 0.29) is 4.83 Å². The molecule has 2 heterocycles. The van der Waals surface area contributed by atoms with E-state index in [0.717, 1.165) is 69.0 Å². The highest BCUT2D eigenvalue weighted by atomic mass is 79.9. The average Bonchev–Trinajstić information content (AvgIpc) is 3.43. The molecule has 4 aromatic rings. The standard InChI is InChI=1S/C26H23BrN2O2/c1-30-19-15-20(31-2)23(25-18(27)13-14-28-25)26-22(19)21(16-9-5-3-6-10-16)24(29-26)17-11-7-4-8-12-17/h3-12,15,18,29H,13-14H2,1-2H3. The number of methoxy groups -OCH3 is 2. The highest BCUT2D eigenvalue weighted by molar-refractivity contribution is 9.10. The van der Waals surface area contributed by atoms with Crippen molar-refractivity contribution < 1.29 is 9.47 Å². The van der Waals surface area contributed by atoms with E-state index >= 15 is 0 Å². The number of aromatic amines is 1. The number of ether oxygens (including phenoxy) is 2. The number of nitrogens with one attached hydrogen (secondary N) is 1. The quantitative estimate of drug-likeness (QED) is 0.336. The van der Waals surface area contributed by atoms with Crippen LogP contribution in [0.25, 0.3) is 33.3 Å². The van der Waals surface area contributed by atoms with Crippen molar-refractivity contribution in [1.82, 2.24) is 4.98 Å². The van der Waals surface area contributed by atoms with E-state index in [2.05, 4.69) is 69.4 Å². The lowest BCUT2D eigenvalue weighted by molar-refractivity contribution is 0.397. The van der Waals surface area contributed by atoms with Gasteiger partial charge in [-0.1, -0.05) is 76.6 Å². The smallest absolute Gasteiger partial charge is 0.133 e. The SMILES string of the molecule is COc1cc(OC)c2c(-c3ccccc3)c(-c3ccccc3)[nH]c2c1C1=NCCC1Br. The second kappa shape index (κ2) is 8.23. The molecule has 31 heavy (non-hydrogen) atoms. The minimum atomic E-state index is 0.196. The van der Waals surface area contributed by atoms with Gasteiger partial charge in [-0.05, 0) is 17.5 Å². The molecule has 0 fully saturated rings. The second-order valence-electron chi connectivity index (χ2n) is 7.54. The van der Waals surface area contributed by atoms with Gasteiger partial charge in [0.1, 0.15) is 11.5 Å². The molecule has 0 bridgehead atoms. The maximum atomic E-state index is 5.87. The Hall–Kier alpha value is -3.05. The second-order valence-corrected chi connectivity index (χ2v) is 8.64. The molecule has 156 valence electrons. The molecule has 5 heteroatoms. The number of nitrogens with zero attached hydrogens (tertiary/aromatic N) is 1. The first-order valence-electron chi connectivity index (χ1n) is 10.3. The Morgan fingerprint density at radius 1 is 0.871 bits per heavy atom. The van der Waals surface area contributed by atoms with Crippen molar-refractivity contribution in [3.05, 3.63) is 72.3 Å². The van der Waals surface area contributed by atoms with Gasteiger partial charge in [0.05, 0.1) is 46.9 Å². The van der Waals surface area contributed by atoms with Crippen molar-refractivity contribution >= 4 is 32.5 Å². The van der Waals surface area contributed by atoms with E-state index in [9.17, 15) is 0 Å². The van der Waals surface area contributed by atoms with E-state index in [1.165, 1.54) is 0 Å². The van der Waals surface area contributed by atoms with E-state index in [0.29, 0.717) is 0 Å². The summed E-state index contributed by atoms with van der Waals surface area (Å²) in [5, 5.41) is 1.04. The zero-order valence-corrected chi connectivity index (χ0v) is 19.1. The van der Waals surface area contributed by atoms with Gasteiger partial charge in [0.2, 0.25) is 0 Å². The van der Waals surface area contributed by atoms with Gasteiger partial charge in [0, 0.05) is 18.2 Å². The number of hydrogen-bond acceptors (Lipinski definition) is 3. The highest BCUT2D eigenvalue weighted by Crippen LogP contribution is 2.47. The minimum Gasteiger partial charge on any atom is -0.496 e. The Morgan fingerprint density at radius 2 is 1.52 bits per heavy atom. The number of aromatic nitrogens is 1. The predicted octanol–water partition coefficient (Wildman–Crippen LogP) is 6.48. The lowest BCUT2D eigenvalue weighted by atomic mass is 9.95. The molecule has 0 spiro atoms. The van der Waals surface area contributed by atoms with Crippen LogP contribution < -0.4 is 9.47 Å². The van der Waals surface area contributed by atoms with E-state index in [1.807, 2.05) is 18.2 Å². The van der Waals surface area contributed by atoms with Gasteiger partial charge in [0.15, 0.2) is 0 Å². The highest BCUT2D eigenvalue weighted by Gasteiger charge is 2.29. The summed E-state index contributed by atoms with van der Waals surface area (Å²) in [5.41, 5.74) is 7.42. The molecule has 4 nitrogen and oxygen atoms in total. The lowest BCUT2D eigenvalue weighted by Crippen LogP contribution is -2.12. The Balaban J connectivity index is 1.94. The molecule has 1 aliphatic rings. The normalized spacial score (nSPS) is 15.8. The largest absolute Gasteiger partial charge is 0.496 e. The topological polar surface area (TPSA) is 46.6 Å².